The van der Waals surface area contributed by atoms with Crippen molar-refractivity contribution in [1.29, 1.82) is 0 Å². The molecule has 1 heterocycles. The van der Waals surface area contributed by atoms with Crippen molar-refractivity contribution in [2.24, 2.45) is 5.73 Å². The van der Waals surface area contributed by atoms with E-state index in [0.29, 0.717) is 11.3 Å². The van der Waals surface area contributed by atoms with Gasteiger partial charge >= 0.3 is 6.03 Å². The number of aromatic nitrogens is 1. The molecule has 0 aliphatic heterocycles. The van der Waals surface area contributed by atoms with Crippen LogP contribution in [-0.2, 0) is 11.2 Å². The van der Waals surface area contributed by atoms with Crippen LogP contribution in [0.1, 0.15) is 11.3 Å². The summed E-state index contributed by atoms with van der Waals surface area (Å²) >= 11 is 0. The second kappa shape index (κ2) is 6.66. The predicted octanol–water partition coefficient (Wildman–Crippen LogP) is 2.20. The van der Waals surface area contributed by atoms with Gasteiger partial charge in [-0.3, -0.25) is 9.78 Å². The van der Waals surface area contributed by atoms with Crippen LogP contribution >= 0.6 is 0 Å². The summed E-state index contributed by atoms with van der Waals surface area (Å²) in [7, 11) is 0. The molecule has 4 N–H and O–H groups in total. The van der Waals surface area contributed by atoms with Crippen molar-refractivity contribution >= 4 is 23.3 Å². The molecule has 2 rings (SSSR count). The van der Waals surface area contributed by atoms with E-state index in [0.717, 1.165) is 11.8 Å². The fourth-order valence-electron chi connectivity index (χ4n) is 1.86. The smallest absolute Gasteiger partial charge is 0.323 e. The minimum absolute atomic E-state index is 0.101. The van der Waals surface area contributed by atoms with E-state index in [-0.39, 0.29) is 12.1 Å². The number of amides is 3. The first kappa shape index (κ1) is 15.4. The topological polar surface area (TPSA) is 97.1 Å². The number of nitrogens with zero attached hydrogens (tertiary/aromatic N) is 1. The summed E-state index contributed by atoms with van der Waals surface area (Å²) < 4.78 is 13.5. The van der Waals surface area contributed by atoms with Gasteiger partial charge in [-0.05, 0) is 42.8 Å². The highest BCUT2D eigenvalue weighted by atomic mass is 19.1. The van der Waals surface area contributed by atoms with Crippen LogP contribution in [0.4, 0.5) is 20.6 Å². The van der Waals surface area contributed by atoms with Crippen LogP contribution in [0.3, 0.4) is 0 Å². The molecule has 22 heavy (non-hydrogen) atoms. The van der Waals surface area contributed by atoms with Crippen LogP contribution in [0.5, 0.6) is 0 Å². The molecule has 7 heteroatoms. The number of benzene rings is 1. The van der Waals surface area contributed by atoms with Gasteiger partial charge in [0.15, 0.2) is 0 Å². The van der Waals surface area contributed by atoms with Gasteiger partial charge in [-0.1, -0.05) is 0 Å². The molecule has 0 spiro atoms. The number of pyridine rings is 1. The summed E-state index contributed by atoms with van der Waals surface area (Å²) in [4.78, 5) is 26.8. The van der Waals surface area contributed by atoms with E-state index in [1.165, 1.54) is 18.3 Å². The molecule has 3 amide bonds. The molecule has 0 atom stereocenters. The van der Waals surface area contributed by atoms with E-state index in [4.69, 9.17) is 5.73 Å². The summed E-state index contributed by atoms with van der Waals surface area (Å²) in [5, 5.41) is 5.06. The monoisotopic (exact) mass is 302 g/mol. The molecule has 0 aliphatic carbocycles. The van der Waals surface area contributed by atoms with Crippen molar-refractivity contribution in [1.82, 2.24) is 4.98 Å². The zero-order valence-corrected chi connectivity index (χ0v) is 11.9. The summed E-state index contributed by atoms with van der Waals surface area (Å²) in [6.07, 6.45) is 1.41. The molecular formula is C15H15FN4O2. The van der Waals surface area contributed by atoms with Crippen molar-refractivity contribution in [2.75, 3.05) is 10.6 Å². The van der Waals surface area contributed by atoms with Gasteiger partial charge in [0, 0.05) is 11.4 Å². The van der Waals surface area contributed by atoms with Crippen LogP contribution in [0.2, 0.25) is 0 Å². The lowest BCUT2D eigenvalue weighted by Gasteiger charge is -2.09. The number of urea groups is 1. The molecule has 0 unspecified atom stereocenters. The van der Waals surface area contributed by atoms with Gasteiger partial charge in [0.25, 0.3) is 0 Å². The van der Waals surface area contributed by atoms with Crippen LogP contribution in [-0.4, -0.2) is 16.9 Å². The number of anilines is 2. The second-order valence-corrected chi connectivity index (χ2v) is 4.76. The highest BCUT2D eigenvalue weighted by molar-refractivity contribution is 5.99. The fraction of sp³-hybridized carbons (Fsp3) is 0.133. The Kier molecular flexibility index (Phi) is 4.67. The highest BCUT2D eigenvalue weighted by Crippen LogP contribution is 2.15. The van der Waals surface area contributed by atoms with E-state index < -0.39 is 17.8 Å². The predicted molar refractivity (Wildman–Crippen MR) is 80.9 cm³/mol. The Balaban J connectivity index is 2.06. The largest absolute Gasteiger partial charge is 0.369 e. The highest BCUT2D eigenvalue weighted by Gasteiger charge is 2.07. The Morgan fingerprint density at radius 3 is 2.55 bits per heavy atom. The number of primary amides is 1. The molecule has 0 fully saturated rings. The van der Waals surface area contributed by atoms with Gasteiger partial charge in [0.2, 0.25) is 5.91 Å². The number of carbonyl (C=O) groups is 2. The number of carbonyl (C=O) groups excluding carboxylic acids is 2. The number of hydrogen-bond acceptors (Lipinski definition) is 3. The van der Waals surface area contributed by atoms with Gasteiger partial charge in [0.1, 0.15) is 5.82 Å². The molecule has 1 aromatic carbocycles. The number of rotatable bonds is 4. The molecule has 2 aromatic rings. The Hall–Kier alpha value is -2.96. The van der Waals surface area contributed by atoms with Crippen LogP contribution < -0.4 is 16.4 Å². The van der Waals surface area contributed by atoms with Gasteiger partial charge in [-0.25, -0.2) is 9.18 Å². The normalized spacial score (nSPS) is 10.1. The van der Waals surface area contributed by atoms with Gasteiger partial charge in [-0.2, -0.15) is 0 Å². The molecule has 1 aromatic heterocycles. The molecule has 0 radical (unpaired) electrons. The zero-order chi connectivity index (χ0) is 16.1. The molecule has 6 nitrogen and oxygen atoms in total. The lowest BCUT2D eigenvalue weighted by molar-refractivity contribution is -0.117. The van der Waals surface area contributed by atoms with Crippen molar-refractivity contribution in [3.05, 3.63) is 53.6 Å². The third-order valence-electron chi connectivity index (χ3n) is 2.76. The molecule has 114 valence electrons. The summed E-state index contributed by atoms with van der Waals surface area (Å²) in [6, 6.07) is 6.74. The first-order valence-corrected chi connectivity index (χ1v) is 6.51. The van der Waals surface area contributed by atoms with E-state index >= 15 is 0 Å². The molecule has 0 bridgehead atoms. The Morgan fingerprint density at radius 2 is 1.91 bits per heavy atom. The lowest BCUT2D eigenvalue weighted by Crippen LogP contribution is -2.20. The average Bonchev–Trinajstić information content (AvgIpc) is 2.39. The Bertz CT molecular complexity index is 701. The van der Waals surface area contributed by atoms with E-state index in [9.17, 15) is 14.0 Å². The minimum atomic E-state index is -0.577. The minimum Gasteiger partial charge on any atom is -0.369 e. The Labute approximate surface area is 126 Å². The number of nitrogens with two attached hydrogens (primary N) is 1. The summed E-state index contributed by atoms with van der Waals surface area (Å²) in [6.45, 7) is 1.83. The number of hydrogen-bond donors (Lipinski definition) is 3. The Morgan fingerprint density at radius 1 is 1.18 bits per heavy atom. The molecule has 0 aliphatic rings. The van der Waals surface area contributed by atoms with Crippen molar-refractivity contribution < 1.29 is 14.0 Å². The maximum atomic E-state index is 13.5. The number of halogens is 1. The molecular weight excluding hydrogens is 287 g/mol. The van der Waals surface area contributed by atoms with Crippen LogP contribution in [0, 0.1) is 12.7 Å². The standard InChI is InChI=1S/C15H15FN4O2/c1-9-2-3-12(8-18-9)19-15(22)20-13-5-10(6-14(17)21)4-11(16)7-13/h2-5,7-8H,6H2,1H3,(H2,17,21)(H2,19,20,22). The van der Waals surface area contributed by atoms with E-state index in [2.05, 4.69) is 15.6 Å². The molecule has 0 saturated heterocycles. The zero-order valence-electron chi connectivity index (χ0n) is 11.9. The van der Waals surface area contributed by atoms with Crippen LogP contribution in [0.25, 0.3) is 0 Å². The SMILES string of the molecule is Cc1ccc(NC(=O)Nc2cc(F)cc(CC(N)=O)c2)cn1. The van der Waals surface area contributed by atoms with E-state index in [1.54, 1.807) is 12.1 Å². The van der Waals surface area contributed by atoms with Gasteiger partial charge < -0.3 is 16.4 Å². The average molecular weight is 302 g/mol. The third-order valence-corrected chi connectivity index (χ3v) is 2.76. The summed E-state index contributed by atoms with van der Waals surface area (Å²) in [5.74, 6) is -1.14. The quantitative estimate of drug-likeness (QED) is 0.807. The van der Waals surface area contributed by atoms with Gasteiger partial charge in [0.05, 0.1) is 18.3 Å². The van der Waals surface area contributed by atoms with Crippen molar-refractivity contribution in [3.8, 4) is 0 Å². The maximum absolute atomic E-state index is 13.5. The third kappa shape index (κ3) is 4.55. The lowest BCUT2D eigenvalue weighted by atomic mass is 10.1. The van der Waals surface area contributed by atoms with Crippen molar-refractivity contribution in [3.63, 3.8) is 0 Å². The first-order valence-electron chi connectivity index (χ1n) is 6.51. The second-order valence-electron chi connectivity index (χ2n) is 4.76. The fourth-order valence-corrected chi connectivity index (χ4v) is 1.86. The van der Waals surface area contributed by atoms with E-state index in [1.807, 2.05) is 6.92 Å². The molecule has 0 saturated carbocycles. The maximum Gasteiger partial charge on any atom is 0.323 e. The van der Waals surface area contributed by atoms with Crippen molar-refractivity contribution in [2.45, 2.75) is 13.3 Å². The van der Waals surface area contributed by atoms with Crippen LogP contribution in [0.15, 0.2) is 36.5 Å². The number of nitrogens with one attached hydrogen (secondary N) is 2. The van der Waals surface area contributed by atoms with Gasteiger partial charge in [-0.15, -0.1) is 0 Å². The number of aryl methyl sites for hydroxylation is 1. The first-order chi connectivity index (χ1) is 10.4. The summed E-state index contributed by atoms with van der Waals surface area (Å²) in [5.41, 5.74) is 7.03.